The van der Waals surface area contributed by atoms with Crippen LogP contribution in [0.25, 0.3) is 0 Å². The minimum atomic E-state index is -0.118. The molecule has 0 amide bonds. The van der Waals surface area contributed by atoms with Crippen molar-refractivity contribution in [3.05, 3.63) is 0 Å². The molecule has 0 aromatic rings. The summed E-state index contributed by atoms with van der Waals surface area (Å²) in [6.45, 7) is 6.74. The molecule has 1 fully saturated rings. The van der Waals surface area contributed by atoms with Crippen LogP contribution < -0.4 is 0 Å². The first-order chi connectivity index (χ1) is 7.02. The van der Waals surface area contributed by atoms with Gasteiger partial charge in [-0.05, 0) is 43.9 Å². The van der Waals surface area contributed by atoms with Crippen LogP contribution in [0, 0.1) is 11.3 Å². The Morgan fingerprint density at radius 1 is 1.20 bits per heavy atom. The van der Waals surface area contributed by atoms with E-state index in [2.05, 4.69) is 13.8 Å². The lowest BCUT2D eigenvalue weighted by Crippen LogP contribution is -2.26. The lowest BCUT2D eigenvalue weighted by molar-refractivity contribution is 0.127. The summed E-state index contributed by atoms with van der Waals surface area (Å²) < 4.78 is 0. The van der Waals surface area contributed by atoms with Gasteiger partial charge in [0.05, 0.1) is 6.10 Å². The van der Waals surface area contributed by atoms with Crippen molar-refractivity contribution in [1.29, 1.82) is 0 Å². The van der Waals surface area contributed by atoms with E-state index >= 15 is 0 Å². The first-order valence-electron chi connectivity index (χ1n) is 6.70. The summed E-state index contributed by atoms with van der Waals surface area (Å²) in [6.07, 6.45) is 10.5. The molecule has 15 heavy (non-hydrogen) atoms. The molecule has 0 saturated heterocycles. The molecule has 1 nitrogen and oxygen atoms in total. The molecule has 1 saturated carbocycles. The second-order valence-corrected chi connectivity index (χ2v) is 6.06. The molecule has 1 unspecified atom stereocenters. The molecule has 1 rings (SSSR count). The summed E-state index contributed by atoms with van der Waals surface area (Å²) in [5, 5.41) is 9.26. The molecule has 0 heterocycles. The van der Waals surface area contributed by atoms with Gasteiger partial charge in [0.2, 0.25) is 0 Å². The number of hydrogen-bond acceptors (Lipinski definition) is 1. The molecule has 0 bridgehead atoms. The lowest BCUT2D eigenvalue weighted by Gasteiger charge is -2.37. The van der Waals surface area contributed by atoms with Gasteiger partial charge in [-0.1, -0.05) is 39.5 Å². The number of aliphatic hydroxyl groups is 1. The Labute approximate surface area is 95.3 Å². The number of aliphatic hydroxyl groups excluding tert-OH is 1. The topological polar surface area (TPSA) is 20.2 Å². The van der Waals surface area contributed by atoms with Crippen molar-refractivity contribution in [2.75, 3.05) is 0 Å². The van der Waals surface area contributed by atoms with Crippen molar-refractivity contribution in [3.8, 4) is 0 Å². The Morgan fingerprint density at radius 3 is 2.33 bits per heavy atom. The third-order valence-electron chi connectivity index (χ3n) is 4.15. The first-order valence-corrected chi connectivity index (χ1v) is 6.70. The first kappa shape index (κ1) is 13.0. The summed E-state index contributed by atoms with van der Waals surface area (Å²) in [6, 6.07) is 0. The molecule has 0 radical (unpaired) electrons. The molecular formula is C14H28O. The van der Waals surface area contributed by atoms with Crippen LogP contribution in [0.1, 0.15) is 72.1 Å². The van der Waals surface area contributed by atoms with E-state index in [4.69, 9.17) is 0 Å². The van der Waals surface area contributed by atoms with Gasteiger partial charge in [0.15, 0.2) is 0 Å². The van der Waals surface area contributed by atoms with Crippen LogP contribution in [-0.4, -0.2) is 11.2 Å². The smallest absolute Gasteiger partial charge is 0.0512 e. The predicted octanol–water partition coefficient (Wildman–Crippen LogP) is 4.14. The average molecular weight is 212 g/mol. The van der Waals surface area contributed by atoms with Gasteiger partial charge < -0.3 is 5.11 Å². The van der Waals surface area contributed by atoms with Gasteiger partial charge in [-0.2, -0.15) is 0 Å². The minimum absolute atomic E-state index is 0.118. The SMILES string of the molecule is CC(O)CCCC(C)(C)C1CCCCC1. The molecule has 1 aliphatic rings. The quantitative estimate of drug-likeness (QED) is 0.726. The van der Waals surface area contributed by atoms with E-state index < -0.39 is 0 Å². The molecule has 1 atom stereocenters. The molecule has 1 aliphatic carbocycles. The van der Waals surface area contributed by atoms with Crippen LogP contribution in [0.15, 0.2) is 0 Å². The zero-order chi connectivity index (χ0) is 11.3. The maximum atomic E-state index is 9.26. The van der Waals surface area contributed by atoms with E-state index in [0.717, 1.165) is 12.3 Å². The van der Waals surface area contributed by atoms with Gasteiger partial charge in [-0.15, -0.1) is 0 Å². The van der Waals surface area contributed by atoms with Crippen molar-refractivity contribution in [1.82, 2.24) is 0 Å². The third kappa shape index (κ3) is 4.55. The molecule has 0 aromatic heterocycles. The van der Waals surface area contributed by atoms with Gasteiger partial charge in [-0.3, -0.25) is 0 Å². The largest absolute Gasteiger partial charge is 0.393 e. The second kappa shape index (κ2) is 5.89. The second-order valence-electron chi connectivity index (χ2n) is 6.06. The standard InChI is InChI=1S/C14H28O/c1-12(15)8-7-11-14(2,3)13-9-5-4-6-10-13/h12-13,15H,4-11H2,1-3H3. The van der Waals surface area contributed by atoms with E-state index in [1.165, 1.54) is 44.9 Å². The fraction of sp³-hybridized carbons (Fsp3) is 1.00. The van der Waals surface area contributed by atoms with Crippen LogP contribution in [0.4, 0.5) is 0 Å². The molecule has 0 spiro atoms. The van der Waals surface area contributed by atoms with Crippen LogP contribution in [0.5, 0.6) is 0 Å². The van der Waals surface area contributed by atoms with Gasteiger partial charge in [0.25, 0.3) is 0 Å². The van der Waals surface area contributed by atoms with Gasteiger partial charge in [0.1, 0.15) is 0 Å². The van der Waals surface area contributed by atoms with E-state index in [1.807, 2.05) is 6.92 Å². The van der Waals surface area contributed by atoms with Crippen molar-refractivity contribution in [2.45, 2.75) is 78.2 Å². The lowest BCUT2D eigenvalue weighted by atomic mass is 9.69. The van der Waals surface area contributed by atoms with E-state index in [-0.39, 0.29) is 6.10 Å². The average Bonchev–Trinajstić information content (AvgIpc) is 2.18. The summed E-state index contributed by atoms with van der Waals surface area (Å²) in [5.41, 5.74) is 0.495. The Hall–Kier alpha value is -0.0400. The van der Waals surface area contributed by atoms with Gasteiger partial charge in [0, 0.05) is 0 Å². The highest BCUT2D eigenvalue weighted by molar-refractivity contribution is 4.81. The molecule has 0 aliphatic heterocycles. The zero-order valence-corrected chi connectivity index (χ0v) is 10.8. The minimum Gasteiger partial charge on any atom is -0.393 e. The van der Waals surface area contributed by atoms with E-state index in [0.29, 0.717) is 5.41 Å². The van der Waals surface area contributed by atoms with Crippen molar-refractivity contribution >= 4 is 0 Å². The molecule has 0 aromatic carbocycles. The van der Waals surface area contributed by atoms with Crippen molar-refractivity contribution < 1.29 is 5.11 Å². The van der Waals surface area contributed by atoms with E-state index in [1.54, 1.807) is 0 Å². The third-order valence-corrected chi connectivity index (χ3v) is 4.15. The van der Waals surface area contributed by atoms with Crippen LogP contribution in [0.3, 0.4) is 0 Å². The van der Waals surface area contributed by atoms with Gasteiger partial charge >= 0.3 is 0 Å². The highest BCUT2D eigenvalue weighted by Gasteiger charge is 2.29. The fourth-order valence-electron chi connectivity index (χ4n) is 2.94. The number of rotatable bonds is 5. The summed E-state index contributed by atoms with van der Waals surface area (Å²) in [7, 11) is 0. The van der Waals surface area contributed by atoms with Crippen molar-refractivity contribution in [3.63, 3.8) is 0 Å². The van der Waals surface area contributed by atoms with Crippen LogP contribution in [0.2, 0.25) is 0 Å². The zero-order valence-electron chi connectivity index (χ0n) is 10.8. The Morgan fingerprint density at radius 2 is 1.80 bits per heavy atom. The van der Waals surface area contributed by atoms with Crippen molar-refractivity contribution in [2.24, 2.45) is 11.3 Å². The fourth-order valence-corrected chi connectivity index (χ4v) is 2.94. The maximum Gasteiger partial charge on any atom is 0.0512 e. The monoisotopic (exact) mass is 212 g/mol. The predicted molar refractivity (Wildman–Crippen MR) is 65.9 cm³/mol. The molecule has 90 valence electrons. The van der Waals surface area contributed by atoms with E-state index in [9.17, 15) is 5.11 Å². The Balaban J connectivity index is 2.29. The maximum absolute atomic E-state index is 9.26. The summed E-state index contributed by atoms with van der Waals surface area (Å²) >= 11 is 0. The number of hydrogen-bond donors (Lipinski definition) is 1. The van der Waals surface area contributed by atoms with Crippen LogP contribution in [-0.2, 0) is 0 Å². The van der Waals surface area contributed by atoms with Crippen LogP contribution >= 0.6 is 0 Å². The molecular weight excluding hydrogens is 184 g/mol. The highest BCUT2D eigenvalue weighted by Crippen LogP contribution is 2.41. The Bertz CT molecular complexity index is 166. The molecule has 1 heteroatoms. The molecule has 1 N–H and O–H groups in total. The normalized spacial score (nSPS) is 21.6. The van der Waals surface area contributed by atoms with Gasteiger partial charge in [-0.25, -0.2) is 0 Å². The summed E-state index contributed by atoms with van der Waals surface area (Å²) in [5.74, 6) is 0.931. The summed E-state index contributed by atoms with van der Waals surface area (Å²) in [4.78, 5) is 0. The Kier molecular flexibility index (Phi) is 5.11. The highest BCUT2D eigenvalue weighted by atomic mass is 16.3.